The smallest absolute Gasteiger partial charge is 0.0443 e. The summed E-state index contributed by atoms with van der Waals surface area (Å²) in [5.74, 6) is 2.73. The molecule has 0 aliphatic heterocycles. The number of hydrogen-bond acceptors (Lipinski definition) is 2. The van der Waals surface area contributed by atoms with Gasteiger partial charge in [-0.05, 0) is 36.1 Å². The van der Waals surface area contributed by atoms with Crippen molar-refractivity contribution >= 4 is 11.8 Å². The molecule has 1 aromatic rings. The molecule has 2 atom stereocenters. The molecule has 1 rings (SSSR count). The first kappa shape index (κ1) is 17.6. The number of nitrogens with one attached hydrogen (secondary N) is 1. The van der Waals surface area contributed by atoms with Crippen molar-refractivity contribution in [1.82, 2.24) is 5.32 Å². The summed E-state index contributed by atoms with van der Waals surface area (Å²) in [4.78, 5) is 0. The van der Waals surface area contributed by atoms with Gasteiger partial charge in [0.05, 0.1) is 0 Å². The molecule has 0 saturated heterocycles. The molecule has 0 heterocycles. The molecule has 1 nitrogen and oxygen atoms in total. The molecule has 2 unspecified atom stereocenters. The number of rotatable bonds is 9. The van der Waals surface area contributed by atoms with Gasteiger partial charge in [-0.2, -0.15) is 11.8 Å². The Labute approximate surface area is 129 Å². The van der Waals surface area contributed by atoms with E-state index in [4.69, 9.17) is 0 Å². The Morgan fingerprint density at radius 2 is 1.70 bits per heavy atom. The molecule has 0 aliphatic carbocycles. The first-order valence-corrected chi connectivity index (χ1v) is 9.01. The van der Waals surface area contributed by atoms with E-state index in [1.54, 1.807) is 0 Å². The lowest BCUT2D eigenvalue weighted by Crippen LogP contribution is -2.33. The van der Waals surface area contributed by atoms with Crippen LogP contribution < -0.4 is 5.32 Å². The Morgan fingerprint density at radius 3 is 2.20 bits per heavy atom. The lowest BCUT2D eigenvalue weighted by atomic mass is 9.96. The summed E-state index contributed by atoms with van der Waals surface area (Å²) in [6.45, 7) is 12.5. The Bertz CT molecular complexity index is 348. The van der Waals surface area contributed by atoms with Gasteiger partial charge in [-0.25, -0.2) is 0 Å². The van der Waals surface area contributed by atoms with Crippen LogP contribution in [0.1, 0.15) is 52.6 Å². The first-order chi connectivity index (χ1) is 9.56. The molecule has 0 aromatic heterocycles. The monoisotopic (exact) mass is 293 g/mol. The van der Waals surface area contributed by atoms with Crippen LogP contribution in [-0.4, -0.2) is 17.5 Å². The summed E-state index contributed by atoms with van der Waals surface area (Å²) in [6.07, 6.45) is 1.31. The van der Waals surface area contributed by atoms with Gasteiger partial charge in [0.15, 0.2) is 0 Å². The molecule has 0 saturated carbocycles. The molecule has 0 radical (unpaired) electrons. The van der Waals surface area contributed by atoms with Crippen LogP contribution in [0.5, 0.6) is 0 Å². The predicted octanol–water partition coefficient (Wildman–Crippen LogP) is 5.14. The molecule has 0 spiro atoms. The summed E-state index contributed by atoms with van der Waals surface area (Å²) in [5, 5.41) is 4.33. The van der Waals surface area contributed by atoms with Crippen LogP contribution in [-0.2, 0) is 0 Å². The van der Waals surface area contributed by atoms with Gasteiger partial charge in [-0.1, -0.05) is 65.0 Å². The van der Waals surface area contributed by atoms with Crippen molar-refractivity contribution in [3.63, 3.8) is 0 Å². The van der Waals surface area contributed by atoms with Crippen molar-refractivity contribution in [2.24, 2.45) is 11.8 Å². The van der Waals surface area contributed by atoms with Crippen LogP contribution in [0.25, 0.3) is 0 Å². The highest BCUT2D eigenvalue weighted by Crippen LogP contribution is 2.33. The average molecular weight is 294 g/mol. The number of thioether (sulfide) groups is 1. The van der Waals surface area contributed by atoms with Gasteiger partial charge in [-0.15, -0.1) is 0 Å². The van der Waals surface area contributed by atoms with Crippen LogP contribution in [0.4, 0.5) is 0 Å². The molecule has 1 aromatic carbocycles. The Balaban J connectivity index is 2.78. The van der Waals surface area contributed by atoms with E-state index in [2.05, 4.69) is 82.0 Å². The van der Waals surface area contributed by atoms with Gasteiger partial charge in [0.25, 0.3) is 0 Å². The third-order valence-electron chi connectivity index (χ3n) is 3.57. The number of hydrogen-bond donors (Lipinski definition) is 1. The largest absolute Gasteiger partial charge is 0.309 e. The van der Waals surface area contributed by atoms with E-state index in [9.17, 15) is 0 Å². The fraction of sp³-hybridized carbons (Fsp3) is 0.667. The fourth-order valence-electron chi connectivity index (χ4n) is 2.42. The van der Waals surface area contributed by atoms with Crippen molar-refractivity contribution in [2.45, 2.75) is 52.3 Å². The van der Waals surface area contributed by atoms with Crippen molar-refractivity contribution in [1.29, 1.82) is 0 Å². The minimum atomic E-state index is 0.457. The third kappa shape index (κ3) is 5.88. The Kier molecular flexibility index (Phi) is 8.32. The Hall–Kier alpha value is -0.470. The second kappa shape index (κ2) is 9.46. The maximum absolute atomic E-state index is 3.70. The lowest BCUT2D eigenvalue weighted by molar-refractivity contribution is 0.452. The van der Waals surface area contributed by atoms with Crippen LogP contribution in [0.15, 0.2) is 30.3 Å². The standard InChI is InChI=1S/C18H31NS/c1-6-19-17(16-10-8-7-9-11-16)18(15(4)5)20-13-12-14(2)3/h7-11,14-15,17-19H,6,12-13H2,1-5H3. The third-order valence-corrected chi connectivity index (χ3v) is 5.25. The van der Waals surface area contributed by atoms with Crippen molar-refractivity contribution in [3.8, 4) is 0 Å². The van der Waals surface area contributed by atoms with Crippen molar-refractivity contribution < 1.29 is 0 Å². The second-order valence-electron chi connectivity index (χ2n) is 6.21. The maximum atomic E-state index is 3.70. The molecular formula is C18H31NS. The zero-order valence-corrected chi connectivity index (χ0v) is 14.5. The fourth-order valence-corrected chi connectivity index (χ4v) is 4.13. The highest BCUT2D eigenvalue weighted by atomic mass is 32.2. The molecule has 114 valence electrons. The predicted molar refractivity (Wildman–Crippen MR) is 93.4 cm³/mol. The Morgan fingerprint density at radius 1 is 1.05 bits per heavy atom. The van der Waals surface area contributed by atoms with Gasteiger partial charge in [0.1, 0.15) is 0 Å². The second-order valence-corrected chi connectivity index (χ2v) is 7.49. The summed E-state index contributed by atoms with van der Waals surface area (Å²) in [6, 6.07) is 11.4. The minimum absolute atomic E-state index is 0.457. The van der Waals surface area contributed by atoms with Crippen molar-refractivity contribution in [3.05, 3.63) is 35.9 Å². The van der Waals surface area contributed by atoms with Crippen LogP contribution in [0.2, 0.25) is 0 Å². The van der Waals surface area contributed by atoms with Crippen LogP contribution in [0.3, 0.4) is 0 Å². The van der Waals surface area contributed by atoms with Gasteiger partial charge in [0, 0.05) is 11.3 Å². The minimum Gasteiger partial charge on any atom is -0.309 e. The van der Waals surface area contributed by atoms with Crippen LogP contribution >= 0.6 is 11.8 Å². The average Bonchev–Trinajstić information content (AvgIpc) is 2.42. The normalized spacial score (nSPS) is 14.8. The number of benzene rings is 1. The zero-order valence-electron chi connectivity index (χ0n) is 13.7. The van der Waals surface area contributed by atoms with Gasteiger partial charge >= 0.3 is 0 Å². The quantitative estimate of drug-likeness (QED) is 0.676. The molecule has 1 N–H and O–H groups in total. The molecular weight excluding hydrogens is 262 g/mol. The molecule has 0 fully saturated rings. The van der Waals surface area contributed by atoms with Gasteiger partial charge in [0.2, 0.25) is 0 Å². The summed E-state index contributed by atoms with van der Waals surface area (Å²) < 4.78 is 0. The van der Waals surface area contributed by atoms with E-state index in [1.165, 1.54) is 17.7 Å². The van der Waals surface area contributed by atoms with Gasteiger partial charge in [-0.3, -0.25) is 0 Å². The van der Waals surface area contributed by atoms with E-state index < -0.39 is 0 Å². The molecule has 0 bridgehead atoms. The molecule has 20 heavy (non-hydrogen) atoms. The summed E-state index contributed by atoms with van der Waals surface area (Å²) in [5.41, 5.74) is 1.42. The molecule has 0 amide bonds. The topological polar surface area (TPSA) is 12.0 Å². The highest BCUT2D eigenvalue weighted by molar-refractivity contribution is 7.99. The van der Waals surface area contributed by atoms with Crippen molar-refractivity contribution in [2.75, 3.05) is 12.3 Å². The summed E-state index contributed by atoms with van der Waals surface area (Å²) in [7, 11) is 0. The zero-order chi connectivity index (χ0) is 15.0. The van der Waals surface area contributed by atoms with E-state index in [1.807, 2.05) is 0 Å². The van der Waals surface area contributed by atoms with E-state index >= 15 is 0 Å². The van der Waals surface area contributed by atoms with E-state index in [0.717, 1.165) is 12.5 Å². The lowest BCUT2D eigenvalue weighted by Gasteiger charge is -2.31. The SMILES string of the molecule is CCNC(c1ccccc1)C(SCCC(C)C)C(C)C. The van der Waals surface area contributed by atoms with Gasteiger partial charge < -0.3 is 5.32 Å². The van der Waals surface area contributed by atoms with E-state index in [-0.39, 0.29) is 0 Å². The highest BCUT2D eigenvalue weighted by Gasteiger charge is 2.25. The van der Waals surface area contributed by atoms with Crippen LogP contribution in [0, 0.1) is 11.8 Å². The molecule has 2 heteroatoms. The van der Waals surface area contributed by atoms with E-state index in [0.29, 0.717) is 17.2 Å². The first-order valence-electron chi connectivity index (χ1n) is 7.96. The summed E-state index contributed by atoms with van der Waals surface area (Å²) >= 11 is 2.14. The molecule has 0 aliphatic rings. The maximum Gasteiger partial charge on any atom is 0.0443 e.